The van der Waals surface area contributed by atoms with Crippen LogP contribution in [0.1, 0.15) is 6.42 Å². The highest BCUT2D eigenvalue weighted by Gasteiger charge is 2.47. The fraction of sp³-hybridized carbons (Fsp3) is 0.167. The highest BCUT2D eigenvalue weighted by Crippen LogP contribution is 2.28. The van der Waals surface area contributed by atoms with Crippen molar-refractivity contribution in [2.45, 2.75) is 12.1 Å². The fourth-order valence-electron chi connectivity index (χ4n) is 2.18. The molecule has 2 heterocycles. The Morgan fingerprint density at radius 3 is 2.71 bits per heavy atom. The number of rotatable bonds is 1. The summed E-state index contributed by atoms with van der Waals surface area (Å²) in [7, 11) is 0. The number of aliphatic hydroxyl groups is 1. The average Bonchev–Trinajstić information content (AvgIpc) is 2.81. The van der Waals surface area contributed by atoms with Gasteiger partial charge in [-0.1, -0.05) is 18.2 Å². The van der Waals surface area contributed by atoms with Crippen molar-refractivity contribution in [2.24, 2.45) is 0 Å². The number of aromatic nitrogens is 1. The van der Waals surface area contributed by atoms with Crippen molar-refractivity contribution >= 4 is 22.7 Å². The van der Waals surface area contributed by atoms with Gasteiger partial charge in [0.2, 0.25) is 11.6 Å². The zero-order valence-corrected chi connectivity index (χ0v) is 8.88. The summed E-state index contributed by atoms with van der Waals surface area (Å²) in [5.41, 5.74) is -1.08. The molecular formula is C12H10N2O3. The van der Waals surface area contributed by atoms with Gasteiger partial charge in [-0.15, -0.1) is 0 Å². The molecule has 5 heteroatoms. The van der Waals surface area contributed by atoms with E-state index in [2.05, 4.69) is 5.32 Å². The molecule has 0 aliphatic carbocycles. The SMILES string of the molecule is O=C1CC(O)(n2ccc3ccccc32)C(=O)N1. The number of para-hydroxylation sites is 1. The van der Waals surface area contributed by atoms with Gasteiger partial charge in [-0.25, -0.2) is 0 Å². The zero-order chi connectivity index (χ0) is 12.0. The predicted molar refractivity (Wildman–Crippen MR) is 59.9 cm³/mol. The maximum atomic E-state index is 11.6. The van der Waals surface area contributed by atoms with Crippen LogP contribution in [-0.4, -0.2) is 21.5 Å². The second-order valence-corrected chi connectivity index (χ2v) is 4.12. The molecule has 1 fully saturated rings. The lowest BCUT2D eigenvalue weighted by atomic mass is 10.1. The van der Waals surface area contributed by atoms with E-state index in [1.54, 1.807) is 18.3 Å². The molecule has 1 aliphatic rings. The molecule has 5 nitrogen and oxygen atoms in total. The van der Waals surface area contributed by atoms with Crippen molar-refractivity contribution in [1.82, 2.24) is 9.88 Å². The third kappa shape index (κ3) is 1.29. The highest BCUT2D eigenvalue weighted by atomic mass is 16.3. The van der Waals surface area contributed by atoms with Gasteiger partial charge in [0.25, 0.3) is 5.91 Å². The number of nitrogens with one attached hydrogen (secondary N) is 1. The summed E-state index contributed by atoms with van der Waals surface area (Å²) in [6, 6.07) is 9.16. The van der Waals surface area contributed by atoms with Crippen molar-refractivity contribution in [3.63, 3.8) is 0 Å². The summed E-state index contributed by atoms with van der Waals surface area (Å²) in [5, 5.41) is 13.3. The molecule has 1 saturated heterocycles. The molecule has 2 N–H and O–H groups in total. The van der Waals surface area contributed by atoms with Crippen LogP contribution in [0.15, 0.2) is 36.5 Å². The number of imide groups is 1. The van der Waals surface area contributed by atoms with E-state index in [4.69, 9.17) is 0 Å². The minimum Gasteiger partial charge on any atom is -0.362 e. The maximum Gasteiger partial charge on any atom is 0.280 e. The van der Waals surface area contributed by atoms with Gasteiger partial charge in [0.1, 0.15) is 0 Å². The Morgan fingerprint density at radius 2 is 2.00 bits per heavy atom. The number of hydrogen-bond acceptors (Lipinski definition) is 3. The van der Waals surface area contributed by atoms with Gasteiger partial charge in [0.05, 0.1) is 11.9 Å². The first-order valence-electron chi connectivity index (χ1n) is 5.24. The molecule has 0 bridgehead atoms. The molecule has 3 rings (SSSR count). The summed E-state index contributed by atoms with van der Waals surface area (Å²) in [6.45, 7) is 0. The van der Waals surface area contributed by atoms with Crippen molar-refractivity contribution in [2.75, 3.05) is 0 Å². The lowest BCUT2D eigenvalue weighted by Gasteiger charge is -2.21. The Balaban J connectivity index is 2.22. The smallest absolute Gasteiger partial charge is 0.280 e. The van der Waals surface area contributed by atoms with Gasteiger partial charge >= 0.3 is 0 Å². The third-order valence-corrected chi connectivity index (χ3v) is 3.02. The molecule has 2 aromatic rings. The van der Waals surface area contributed by atoms with E-state index in [1.165, 1.54) is 4.57 Å². The lowest BCUT2D eigenvalue weighted by molar-refractivity contribution is -0.144. The van der Waals surface area contributed by atoms with Crippen LogP contribution in [0.2, 0.25) is 0 Å². The van der Waals surface area contributed by atoms with Gasteiger partial charge in [-0.3, -0.25) is 14.9 Å². The lowest BCUT2D eigenvalue weighted by Crippen LogP contribution is -2.40. The van der Waals surface area contributed by atoms with Crippen molar-refractivity contribution in [3.05, 3.63) is 36.5 Å². The molecule has 17 heavy (non-hydrogen) atoms. The van der Waals surface area contributed by atoms with E-state index in [9.17, 15) is 14.7 Å². The first-order chi connectivity index (χ1) is 8.11. The Hall–Kier alpha value is -2.14. The van der Waals surface area contributed by atoms with Gasteiger partial charge in [0.15, 0.2) is 0 Å². The van der Waals surface area contributed by atoms with E-state index in [0.29, 0.717) is 0 Å². The minimum absolute atomic E-state index is 0.246. The van der Waals surface area contributed by atoms with Gasteiger partial charge < -0.3 is 9.67 Å². The van der Waals surface area contributed by atoms with Crippen LogP contribution in [0, 0.1) is 0 Å². The van der Waals surface area contributed by atoms with Crippen molar-refractivity contribution in [3.8, 4) is 0 Å². The van der Waals surface area contributed by atoms with Crippen LogP contribution in [0.3, 0.4) is 0 Å². The van der Waals surface area contributed by atoms with E-state index in [1.807, 2.05) is 18.2 Å². The Morgan fingerprint density at radius 1 is 1.24 bits per heavy atom. The van der Waals surface area contributed by atoms with Crippen LogP contribution in [0.5, 0.6) is 0 Å². The monoisotopic (exact) mass is 230 g/mol. The quantitative estimate of drug-likeness (QED) is 0.694. The summed E-state index contributed by atoms with van der Waals surface area (Å²) in [5.74, 6) is -1.14. The van der Waals surface area contributed by atoms with E-state index < -0.39 is 17.5 Å². The Kier molecular flexibility index (Phi) is 1.88. The number of carbonyl (C=O) groups is 2. The second-order valence-electron chi connectivity index (χ2n) is 4.12. The summed E-state index contributed by atoms with van der Waals surface area (Å²) in [6.07, 6.45) is 1.37. The molecule has 1 aromatic carbocycles. The van der Waals surface area contributed by atoms with Gasteiger partial charge in [0, 0.05) is 6.20 Å². The number of nitrogens with zero attached hydrogens (tertiary/aromatic N) is 1. The van der Waals surface area contributed by atoms with E-state index in [-0.39, 0.29) is 6.42 Å². The number of carbonyl (C=O) groups excluding carboxylic acids is 2. The van der Waals surface area contributed by atoms with Crippen molar-refractivity contribution < 1.29 is 14.7 Å². The van der Waals surface area contributed by atoms with Crippen molar-refractivity contribution in [1.29, 1.82) is 0 Å². The molecule has 0 saturated carbocycles. The third-order valence-electron chi connectivity index (χ3n) is 3.02. The predicted octanol–water partition coefficient (Wildman–Crippen LogP) is 0.333. The number of fused-ring (bicyclic) bond motifs is 1. The summed E-state index contributed by atoms with van der Waals surface area (Å²) in [4.78, 5) is 22.8. The molecular weight excluding hydrogens is 220 g/mol. The number of amides is 2. The van der Waals surface area contributed by atoms with Crippen LogP contribution in [-0.2, 0) is 15.3 Å². The molecule has 86 valence electrons. The molecule has 1 unspecified atom stereocenters. The standard InChI is InChI=1S/C12H10N2O3/c15-10-7-12(17,11(16)13-10)14-6-5-8-3-1-2-4-9(8)14/h1-6,17H,7H2,(H,13,15,16). The van der Waals surface area contributed by atoms with Crippen LogP contribution in [0.25, 0.3) is 10.9 Å². The summed E-state index contributed by atoms with van der Waals surface area (Å²) < 4.78 is 1.43. The molecule has 1 atom stereocenters. The summed E-state index contributed by atoms with van der Waals surface area (Å²) >= 11 is 0. The van der Waals surface area contributed by atoms with Crippen LogP contribution >= 0.6 is 0 Å². The molecule has 1 aromatic heterocycles. The van der Waals surface area contributed by atoms with E-state index in [0.717, 1.165) is 10.9 Å². The second kappa shape index (κ2) is 3.18. The molecule has 0 radical (unpaired) electrons. The van der Waals surface area contributed by atoms with Crippen LogP contribution < -0.4 is 5.32 Å². The van der Waals surface area contributed by atoms with E-state index >= 15 is 0 Å². The molecule has 0 spiro atoms. The normalized spacial score (nSPS) is 24.3. The highest BCUT2D eigenvalue weighted by molar-refractivity contribution is 6.06. The Labute approximate surface area is 96.7 Å². The number of benzene rings is 1. The van der Waals surface area contributed by atoms with Gasteiger partial charge in [-0.2, -0.15) is 0 Å². The first kappa shape index (κ1) is 10.0. The Bertz CT molecular complexity index is 631. The zero-order valence-electron chi connectivity index (χ0n) is 8.88. The minimum atomic E-state index is -1.81. The van der Waals surface area contributed by atoms with Crippen LogP contribution in [0.4, 0.5) is 0 Å². The molecule has 1 aliphatic heterocycles. The largest absolute Gasteiger partial charge is 0.362 e. The first-order valence-corrected chi connectivity index (χ1v) is 5.24. The average molecular weight is 230 g/mol. The maximum absolute atomic E-state index is 11.6. The molecule has 2 amide bonds. The topological polar surface area (TPSA) is 71.3 Å². The fourth-order valence-corrected chi connectivity index (χ4v) is 2.18. The number of hydrogen-bond donors (Lipinski definition) is 2. The van der Waals surface area contributed by atoms with Gasteiger partial charge in [-0.05, 0) is 17.5 Å².